The number of hydrogen-bond acceptors (Lipinski definition) is 3. The summed E-state index contributed by atoms with van der Waals surface area (Å²) in [6.45, 7) is 7.61. The summed E-state index contributed by atoms with van der Waals surface area (Å²) in [6.07, 6.45) is 3.39. The number of rotatable bonds is 10. The Hall–Kier alpha value is -0.0300. The van der Waals surface area contributed by atoms with Crippen molar-refractivity contribution in [2.75, 3.05) is 19.4 Å². The summed E-state index contributed by atoms with van der Waals surface area (Å²) in [5.74, 6) is 1.09. The van der Waals surface area contributed by atoms with Crippen molar-refractivity contribution in [2.24, 2.45) is 0 Å². The Kier molecular flexibility index (Phi) is 8.95. The predicted molar refractivity (Wildman–Crippen MR) is 97.3 cm³/mol. The van der Waals surface area contributed by atoms with Crippen LogP contribution in [0.3, 0.4) is 0 Å². The van der Waals surface area contributed by atoms with Gasteiger partial charge in [-0.3, -0.25) is 0 Å². The maximum atomic E-state index is 5.53. The lowest BCUT2D eigenvalue weighted by Crippen LogP contribution is -2.34. The molecule has 1 aromatic rings. The Morgan fingerprint density at radius 2 is 2.14 bits per heavy atom. The second-order valence-electron chi connectivity index (χ2n) is 5.92. The summed E-state index contributed by atoms with van der Waals surface area (Å²) in [5.41, 5.74) is -0.0351. The Morgan fingerprint density at radius 3 is 2.76 bits per heavy atom. The Bertz CT molecular complexity index is 412. The molecule has 0 aliphatic carbocycles. The molecule has 2 nitrogen and oxygen atoms in total. The maximum absolute atomic E-state index is 5.53. The summed E-state index contributed by atoms with van der Waals surface area (Å²) < 4.78 is 6.67. The fraction of sp³-hybridized carbons (Fsp3) is 0.647. The normalized spacial score (nSPS) is 13.4. The Morgan fingerprint density at radius 1 is 1.38 bits per heavy atom. The van der Waals surface area contributed by atoms with Crippen molar-refractivity contribution >= 4 is 27.7 Å². The van der Waals surface area contributed by atoms with E-state index in [2.05, 4.69) is 66.3 Å². The molecule has 4 heteroatoms. The van der Waals surface area contributed by atoms with Gasteiger partial charge in [-0.15, -0.1) is 11.8 Å². The number of benzene rings is 1. The molecular formula is C17H28BrNOS. The highest BCUT2D eigenvalue weighted by molar-refractivity contribution is 9.10. The molecule has 0 saturated heterocycles. The van der Waals surface area contributed by atoms with E-state index in [0.29, 0.717) is 6.04 Å². The van der Waals surface area contributed by atoms with E-state index in [-0.39, 0.29) is 5.60 Å². The van der Waals surface area contributed by atoms with Crippen LogP contribution >= 0.6 is 27.7 Å². The van der Waals surface area contributed by atoms with E-state index >= 15 is 0 Å². The number of hydrogen-bond donors (Lipinski definition) is 1. The minimum Gasteiger partial charge on any atom is -0.379 e. The van der Waals surface area contributed by atoms with Crippen LogP contribution in [-0.4, -0.2) is 31.1 Å². The molecule has 0 fully saturated rings. The van der Waals surface area contributed by atoms with Crippen LogP contribution < -0.4 is 5.32 Å². The Balaban J connectivity index is 2.49. The van der Waals surface area contributed by atoms with Gasteiger partial charge in [0.05, 0.1) is 5.60 Å². The van der Waals surface area contributed by atoms with Crippen LogP contribution in [0.4, 0.5) is 0 Å². The molecular weight excluding hydrogens is 346 g/mol. The molecule has 0 saturated carbocycles. The molecule has 21 heavy (non-hydrogen) atoms. The highest BCUT2D eigenvalue weighted by atomic mass is 79.9. The molecule has 1 N–H and O–H groups in total. The zero-order chi connectivity index (χ0) is 15.7. The highest BCUT2D eigenvalue weighted by Gasteiger charge is 2.19. The fourth-order valence-electron chi connectivity index (χ4n) is 1.97. The van der Waals surface area contributed by atoms with Crippen molar-refractivity contribution in [1.82, 2.24) is 5.32 Å². The smallest absolute Gasteiger partial charge is 0.0623 e. The predicted octanol–water partition coefficient (Wildman–Crippen LogP) is 5.11. The molecule has 1 aromatic carbocycles. The minimum absolute atomic E-state index is 0.0351. The van der Waals surface area contributed by atoms with E-state index in [1.54, 1.807) is 7.11 Å². The number of thioether (sulfide) groups is 1. The summed E-state index contributed by atoms with van der Waals surface area (Å²) in [6, 6.07) is 9.04. The number of ether oxygens (including phenoxy) is 1. The van der Waals surface area contributed by atoms with E-state index < -0.39 is 0 Å². The van der Waals surface area contributed by atoms with Gasteiger partial charge < -0.3 is 10.1 Å². The van der Waals surface area contributed by atoms with Crippen LogP contribution in [0.15, 0.2) is 33.6 Å². The van der Waals surface area contributed by atoms with Crippen molar-refractivity contribution in [1.29, 1.82) is 0 Å². The SMILES string of the molecule is CCCNC(CCC(C)(C)OC)CSc1cccc(Br)c1. The molecule has 1 unspecified atom stereocenters. The second-order valence-corrected chi connectivity index (χ2v) is 7.93. The first kappa shape index (κ1) is 19.0. The first-order valence-corrected chi connectivity index (χ1v) is 9.41. The fourth-order valence-corrected chi connectivity index (χ4v) is 3.58. The van der Waals surface area contributed by atoms with Crippen LogP contribution in [0.5, 0.6) is 0 Å². The third-order valence-corrected chi connectivity index (χ3v) is 5.23. The Labute approximate surface area is 142 Å². The molecule has 0 aliphatic heterocycles. The van der Waals surface area contributed by atoms with Gasteiger partial charge in [0.2, 0.25) is 0 Å². The van der Waals surface area contributed by atoms with Gasteiger partial charge in [-0.25, -0.2) is 0 Å². The van der Waals surface area contributed by atoms with Crippen LogP contribution in [-0.2, 0) is 4.74 Å². The van der Waals surface area contributed by atoms with Crippen molar-refractivity contribution in [3.63, 3.8) is 0 Å². The van der Waals surface area contributed by atoms with Gasteiger partial charge in [-0.1, -0.05) is 28.9 Å². The van der Waals surface area contributed by atoms with Gasteiger partial charge >= 0.3 is 0 Å². The van der Waals surface area contributed by atoms with Crippen molar-refractivity contribution < 1.29 is 4.74 Å². The molecule has 0 aliphatic rings. The minimum atomic E-state index is -0.0351. The molecule has 0 spiro atoms. The van der Waals surface area contributed by atoms with Gasteiger partial charge in [-0.05, 0) is 57.9 Å². The summed E-state index contributed by atoms with van der Waals surface area (Å²) in [5, 5.41) is 3.66. The van der Waals surface area contributed by atoms with Crippen LogP contribution in [0.25, 0.3) is 0 Å². The zero-order valence-corrected chi connectivity index (χ0v) is 16.0. The first-order valence-electron chi connectivity index (χ1n) is 7.63. The van der Waals surface area contributed by atoms with Gasteiger partial charge in [0.1, 0.15) is 0 Å². The van der Waals surface area contributed by atoms with E-state index in [4.69, 9.17) is 4.74 Å². The van der Waals surface area contributed by atoms with Crippen molar-refractivity contribution in [3.05, 3.63) is 28.7 Å². The second kappa shape index (κ2) is 9.88. The average Bonchev–Trinajstić information content (AvgIpc) is 2.46. The zero-order valence-electron chi connectivity index (χ0n) is 13.6. The lowest BCUT2D eigenvalue weighted by Gasteiger charge is -2.26. The summed E-state index contributed by atoms with van der Waals surface area (Å²) >= 11 is 5.45. The van der Waals surface area contributed by atoms with Crippen molar-refractivity contribution in [3.8, 4) is 0 Å². The van der Waals surface area contributed by atoms with Crippen molar-refractivity contribution in [2.45, 2.75) is 56.6 Å². The molecule has 0 amide bonds. The number of methoxy groups -OCH3 is 1. The molecule has 0 radical (unpaired) electrons. The molecule has 0 aromatic heterocycles. The molecule has 1 rings (SSSR count). The lowest BCUT2D eigenvalue weighted by molar-refractivity contribution is 0.0122. The lowest BCUT2D eigenvalue weighted by atomic mass is 9.99. The highest BCUT2D eigenvalue weighted by Crippen LogP contribution is 2.24. The summed E-state index contributed by atoms with van der Waals surface area (Å²) in [4.78, 5) is 1.32. The molecule has 0 heterocycles. The molecule has 120 valence electrons. The molecule has 0 bridgehead atoms. The third kappa shape index (κ3) is 8.24. The van der Waals surface area contributed by atoms with Crippen LogP contribution in [0.2, 0.25) is 0 Å². The quantitative estimate of drug-likeness (QED) is 0.575. The van der Waals surface area contributed by atoms with Gasteiger partial charge in [-0.2, -0.15) is 0 Å². The first-order chi connectivity index (χ1) is 9.96. The van der Waals surface area contributed by atoms with E-state index in [1.807, 2.05) is 11.8 Å². The third-order valence-electron chi connectivity index (χ3n) is 3.58. The molecule has 1 atom stereocenters. The largest absolute Gasteiger partial charge is 0.379 e. The van der Waals surface area contributed by atoms with E-state index in [1.165, 1.54) is 11.3 Å². The van der Waals surface area contributed by atoms with Crippen LogP contribution in [0, 0.1) is 0 Å². The topological polar surface area (TPSA) is 21.3 Å². The van der Waals surface area contributed by atoms with E-state index in [0.717, 1.165) is 29.6 Å². The monoisotopic (exact) mass is 373 g/mol. The average molecular weight is 374 g/mol. The van der Waals surface area contributed by atoms with E-state index in [9.17, 15) is 0 Å². The number of nitrogens with one attached hydrogen (secondary N) is 1. The standard InChI is InChI=1S/C17H28BrNOS/c1-5-11-19-15(9-10-17(2,3)20-4)13-21-16-8-6-7-14(18)12-16/h6-8,12,15,19H,5,9-11,13H2,1-4H3. The van der Waals surface area contributed by atoms with Gasteiger partial charge in [0.25, 0.3) is 0 Å². The number of halogens is 1. The van der Waals surface area contributed by atoms with Crippen LogP contribution in [0.1, 0.15) is 40.0 Å². The van der Waals surface area contributed by atoms with Gasteiger partial charge in [0.15, 0.2) is 0 Å². The maximum Gasteiger partial charge on any atom is 0.0623 e. The van der Waals surface area contributed by atoms with Gasteiger partial charge in [0, 0.05) is 28.3 Å². The summed E-state index contributed by atoms with van der Waals surface area (Å²) in [7, 11) is 1.80.